The van der Waals surface area contributed by atoms with E-state index in [2.05, 4.69) is 4.98 Å². The second-order valence-corrected chi connectivity index (χ2v) is 11.6. The van der Waals surface area contributed by atoms with Crippen LogP contribution >= 0.6 is 23.2 Å². The van der Waals surface area contributed by atoms with Gasteiger partial charge in [0.15, 0.2) is 14.9 Å². The van der Waals surface area contributed by atoms with E-state index in [-0.39, 0.29) is 23.3 Å². The van der Waals surface area contributed by atoms with Crippen LogP contribution < -0.4 is 4.90 Å². The van der Waals surface area contributed by atoms with Crippen LogP contribution in [-0.4, -0.2) is 30.1 Å². The van der Waals surface area contributed by atoms with Crippen molar-refractivity contribution >= 4 is 50.6 Å². The number of carbonyl (C=O) groups is 1. The normalized spacial score (nSPS) is 17.6. The zero-order valence-electron chi connectivity index (χ0n) is 18.9. The number of rotatable bonds is 5. The molecule has 0 N–H and O–H groups in total. The number of sulfone groups is 1. The standard InChI is InChI=1S/C26H21Cl2N3O3S/c1-26(15-17-8-10-19(11-9-17)18-6-4-3-5-7-18)24(32)30(22-13-20(27)12-21(28)14-22)25-29-16-23(31(25)26)35(2,33)34/h3-14,16H,15H2,1-2H3/t26-/m1/s1. The second kappa shape index (κ2) is 8.52. The minimum Gasteiger partial charge on any atom is -0.285 e. The molecule has 2 heterocycles. The van der Waals surface area contributed by atoms with Gasteiger partial charge in [0.25, 0.3) is 5.91 Å². The molecule has 178 valence electrons. The van der Waals surface area contributed by atoms with Crippen molar-refractivity contribution in [1.29, 1.82) is 0 Å². The number of amides is 1. The summed E-state index contributed by atoms with van der Waals surface area (Å²) in [5.74, 6) is -0.117. The summed E-state index contributed by atoms with van der Waals surface area (Å²) in [6, 6.07) is 22.6. The maximum absolute atomic E-state index is 13.9. The van der Waals surface area contributed by atoms with Gasteiger partial charge in [0.05, 0.1) is 11.9 Å². The van der Waals surface area contributed by atoms with Gasteiger partial charge in [0, 0.05) is 22.7 Å². The molecule has 0 fully saturated rings. The maximum Gasteiger partial charge on any atom is 0.260 e. The fourth-order valence-electron chi connectivity index (χ4n) is 4.54. The molecule has 1 aliphatic rings. The van der Waals surface area contributed by atoms with E-state index >= 15 is 0 Å². The Morgan fingerprint density at radius 1 is 0.914 bits per heavy atom. The smallest absolute Gasteiger partial charge is 0.260 e. The van der Waals surface area contributed by atoms with Gasteiger partial charge < -0.3 is 0 Å². The molecular formula is C26H21Cl2N3O3S. The molecule has 0 bridgehead atoms. The lowest BCUT2D eigenvalue weighted by Crippen LogP contribution is -2.41. The molecular weight excluding hydrogens is 505 g/mol. The van der Waals surface area contributed by atoms with Gasteiger partial charge in [-0.25, -0.2) is 18.3 Å². The third kappa shape index (κ3) is 4.14. The zero-order chi connectivity index (χ0) is 25.0. The quantitative estimate of drug-likeness (QED) is 0.325. The fourth-order valence-corrected chi connectivity index (χ4v) is 5.91. The van der Waals surface area contributed by atoms with Gasteiger partial charge in [0.2, 0.25) is 5.95 Å². The predicted octanol–water partition coefficient (Wildman–Crippen LogP) is 5.90. The predicted molar refractivity (Wildman–Crippen MR) is 138 cm³/mol. The van der Waals surface area contributed by atoms with Crippen LogP contribution in [-0.2, 0) is 26.6 Å². The van der Waals surface area contributed by atoms with Crippen LogP contribution in [0.4, 0.5) is 11.6 Å². The number of anilines is 2. The van der Waals surface area contributed by atoms with Crippen molar-refractivity contribution in [2.45, 2.75) is 23.9 Å². The van der Waals surface area contributed by atoms with Crippen molar-refractivity contribution in [1.82, 2.24) is 9.55 Å². The van der Waals surface area contributed by atoms with E-state index in [1.54, 1.807) is 25.1 Å². The first kappa shape index (κ1) is 23.6. The molecule has 1 atom stereocenters. The number of hydrogen-bond donors (Lipinski definition) is 0. The fraction of sp³-hybridized carbons (Fsp3) is 0.154. The molecule has 0 spiro atoms. The number of nitrogens with zero attached hydrogens (tertiary/aromatic N) is 3. The van der Waals surface area contributed by atoms with E-state index in [1.807, 2.05) is 54.6 Å². The second-order valence-electron chi connectivity index (χ2n) is 8.79. The van der Waals surface area contributed by atoms with Crippen molar-refractivity contribution in [2.24, 2.45) is 0 Å². The minimum atomic E-state index is -3.67. The van der Waals surface area contributed by atoms with Gasteiger partial charge in [-0.2, -0.15) is 0 Å². The monoisotopic (exact) mass is 525 g/mol. The number of carbonyl (C=O) groups excluding carboxylic acids is 1. The number of benzene rings is 3. The Labute approximate surface area is 213 Å². The van der Waals surface area contributed by atoms with Gasteiger partial charge in [-0.15, -0.1) is 0 Å². The van der Waals surface area contributed by atoms with Crippen molar-refractivity contribution in [2.75, 3.05) is 11.2 Å². The maximum atomic E-state index is 13.9. The van der Waals surface area contributed by atoms with Gasteiger partial charge in [-0.3, -0.25) is 9.36 Å². The van der Waals surface area contributed by atoms with Crippen molar-refractivity contribution in [3.05, 3.63) is 94.6 Å². The van der Waals surface area contributed by atoms with Crippen molar-refractivity contribution in [3.8, 4) is 11.1 Å². The summed E-state index contributed by atoms with van der Waals surface area (Å²) in [5.41, 5.74) is 2.19. The molecule has 0 radical (unpaired) electrons. The van der Waals surface area contributed by atoms with Gasteiger partial charge in [-0.1, -0.05) is 77.8 Å². The van der Waals surface area contributed by atoms with Gasteiger partial charge >= 0.3 is 0 Å². The largest absolute Gasteiger partial charge is 0.285 e. The van der Waals surface area contributed by atoms with Gasteiger partial charge in [0.1, 0.15) is 5.54 Å². The van der Waals surface area contributed by atoms with Crippen molar-refractivity contribution < 1.29 is 13.2 Å². The molecule has 4 aromatic rings. The van der Waals surface area contributed by atoms with Crippen LogP contribution in [0.15, 0.2) is 84.0 Å². The third-order valence-corrected chi connectivity index (χ3v) is 7.65. The van der Waals surface area contributed by atoms with Crippen LogP contribution in [0.2, 0.25) is 10.0 Å². The summed E-state index contributed by atoms with van der Waals surface area (Å²) in [6.07, 6.45) is 2.65. The SMILES string of the molecule is C[C@@]1(Cc2ccc(-c3ccccc3)cc2)C(=O)N(c2cc(Cl)cc(Cl)c2)c2ncc(S(C)(=O)=O)n21. The Morgan fingerprint density at radius 3 is 2.11 bits per heavy atom. The molecule has 0 saturated carbocycles. The molecule has 3 aromatic carbocycles. The Kier molecular flexibility index (Phi) is 5.74. The summed E-state index contributed by atoms with van der Waals surface area (Å²) in [5, 5.41) is 0.679. The summed E-state index contributed by atoms with van der Waals surface area (Å²) in [4.78, 5) is 19.6. The first-order chi connectivity index (χ1) is 16.6. The highest BCUT2D eigenvalue weighted by Gasteiger charge is 2.51. The highest BCUT2D eigenvalue weighted by Crippen LogP contribution is 2.44. The van der Waals surface area contributed by atoms with E-state index in [0.717, 1.165) is 22.9 Å². The lowest BCUT2D eigenvalue weighted by Gasteiger charge is -2.26. The Morgan fingerprint density at radius 2 is 1.51 bits per heavy atom. The molecule has 0 aliphatic carbocycles. The average Bonchev–Trinajstić information content (AvgIpc) is 3.33. The van der Waals surface area contributed by atoms with Crippen LogP contribution in [0.5, 0.6) is 0 Å². The van der Waals surface area contributed by atoms with Gasteiger partial charge in [-0.05, 0) is 41.8 Å². The molecule has 9 heteroatoms. The van der Waals surface area contributed by atoms with Crippen molar-refractivity contribution in [3.63, 3.8) is 0 Å². The Hall–Kier alpha value is -3.13. The molecule has 1 aromatic heterocycles. The van der Waals surface area contributed by atoms with E-state index in [9.17, 15) is 13.2 Å². The van der Waals surface area contributed by atoms with Crippen LogP contribution in [0.25, 0.3) is 11.1 Å². The summed E-state index contributed by atoms with van der Waals surface area (Å²) < 4.78 is 26.7. The molecule has 35 heavy (non-hydrogen) atoms. The lowest BCUT2D eigenvalue weighted by atomic mass is 9.91. The minimum absolute atomic E-state index is 0.0279. The topological polar surface area (TPSA) is 72.3 Å². The molecule has 1 amide bonds. The number of aromatic nitrogens is 2. The van der Waals surface area contributed by atoms with Crippen LogP contribution in [0.1, 0.15) is 12.5 Å². The van der Waals surface area contributed by atoms with Crippen LogP contribution in [0.3, 0.4) is 0 Å². The first-order valence-electron chi connectivity index (χ1n) is 10.8. The van der Waals surface area contributed by atoms with E-state index in [1.165, 1.54) is 15.7 Å². The molecule has 1 aliphatic heterocycles. The van der Waals surface area contributed by atoms with Crippen LogP contribution in [0, 0.1) is 0 Å². The third-order valence-electron chi connectivity index (χ3n) is 6.16. The summed E-state index contributed by atoms with van der Waals surface area (Å²) >= 11 is 12.4. The molecule has 0 saturated heterocycles. The average molecular weight is 526 g/mol. The number of fused-ring (bicyclic) bond motifs is 1. The summed E-state index contributed by atoms with van der Waals surface area (Å²) in [7, 11) is -3.67. The first-order valence-corrected chi connectivity index (χ1v) is 13.5. The molecule has 0 unspecified atom stereocenters. The molecule has 6 nitrogen and oxygen atoms in total. The zero-order valence-corrected chi connectivity index (χ0v) is 21.3. The Balaban J connectivity index is 1.60. The molecule has 5 rings (SSSR count). The highest BCUT2D eigenvalue weighted by molar-refractivity contribution is 7.90. The highest BCUT2D eigenvalue weighted by atomic mass is 35.5. The number of imidazole rings is 1. The number of halogens is 2. The number of hydrogen-bond acceptors (Lipinski definition) is 4. The van der Waals surface area contributed by atoms with E-state index in [0.29, 0.717) is 15.7 Å². The van der Waals surface area contributed by atoms with E-state index < -0.39 is 15.4 Å². The summed E-state index contributed by atoms with van der Waals surface area (Å²) in [6.45, 7) is 1.73. The lowest BCUT2D eigenvalue weighted by molar-refractivity contribution is -0.124. The Bertz CT molecular complexity index is 1530. The van der Waals surface area contributed by atoms with E-state index in [4.69, 9.17) is 23.2 Å².